The van der Waals surface area contributed by atoms with E-state index in [1.165, 1.54) is 0 Å². The third kappa shape index (κ3) is 6.61. The average molecular weight is 245 g/mol. The van der Waals surface area contributed by atoms with Crippen molar-refractivity contribution in [2.75, 3.05) is 47.3 Å². The van der Waals surface area contributed by atoms with Crippen molar-refractivity contribution in [3.8, 4) is 0 Å². The molecule has 0 heterocycles. The number of carboxylic acid groups (broad SMARTS) is 1. The van der Waals surface area contributed by atoms with Gasteiger partial charge >= 0.3 is 5.97 Å². The lowest BCUT2D eigenvalue weighted by Crippen LogP contribution is -2.51. The van der Waals surface area contributed by atoms with Crippen molar-refractivity contribution in [1.82, 2.24) is 15.1 Å². The summed E-state index contributed by atoms with van der Waals surface area (Å²) in [5.74, 6) is -0.777. The second-order valence-electron chi connectivity index (χ2n) is 5.02. The highest BCUT2D eigenvalue weighted by molar-refractivity contribution is 5.78. The zero-order valence-corrected chi connectivity index (χ0v) is 11.8. The smallest absolute Gasteiger partial charge is 0.323 e. The second-order valence-corrected chi connectivity index (χ2v) is 5.02. The largest absolute Gasteiger partial charge is 0.480 e. The summed E-state index contributed by atoms with van der Waals surface area (Å²) >= 11 is 0. The molecule has 2 N–H and O–H groups in total. The first-order valence-corrected chi connectivity index (χ1v) is 6.13. The van der Waals surface area contributed by atoms with Gasteiger partial charge in [0.2, 0.25) is 0 Å². The first-order valence-electron chi connectivity index (χ1n) is 6.13. The standard InChI is InChI=1S/C12H27N3O2/c1-6-13-12(2,11(16)17)7-8-15(5)10-9-14(3)4/h13H,6-10H2,1-5H3,(H,16,17). The van der Waals surface area contributed by atoms with Crippen LogP contribution in [0.4, 0.5) is 0 Å². The monoisotopic (exact) mass is 245 g/mol. The highest BCUT2D eigenvalue weighted by Gasteiger charge is 2.31. The van der Waals surface area contributed by atoms with E-state index in [9.17, 15) is 9.90 Å². The Kier molecular flexibility index (Phi) is 7.34. The fourth-order valence-electron chi connectivity index (χ4n) is 1.56. The molecule has 0 saturated carbocycles. The summed E-state index contributed by atoms with van der Waals surface area (Å²) in [6, 6.07) is 0. The van der Waals surface area contributed by atoms with Crippen LogP contribution in [0.15, 0.2) is 0 Å². The van der Waals surface area contributed by atoms with Crippen LogP contribution in [0, 0.1) is 0 Å². The van der Waals surface area contributed by atoms with Crippen LogP contribution < -0.4 is 5.32 Å². The normalized spacial score (nSPS) is 15.2. The molecular formula is C12H27N3O2. The zero-order chi connectivity index (χ0) is 13.5. The van der Waals surface area contributed by atoms with Crippen LogP contribution >= 0.6 is 0 Å². The van der Waals surface area contributed by atoms with Gasteiger partial charge in [0.05, 0.1) is 0 Å². The van der Waals surface area contributed by atoms with Crippen molar-refractivity contribution >= 4 is 5.97 Å². The Bertz CT molecular complexity index is 234. The van der Waals surface area contributed by atoms with E-state index in [1.54, 1.807) is 6.92 Å². The van der Waals surface area contributed by atoms with Gasteiger partial charge in [-0.25, -0.2) is 0 Å². The van der Waals surface area contributed by atoms with Gasteiger partial charge < -0.3 is 20.2 Å². The van der Waals surface area contributed by atoms with Crippen molar-refractivity contribution in [1.29, 1.82) is 0 Å². The first kappa shape index (κ1) is 16.4. The zero-order valence-electron chi connectivity index (χ0n) is 11.8. The molecule has 0 aromatic carbocycles. The van der Waals surface area contributed by atoms with Gasteiger partial charge in [-0.15, -0.1) is 0 Å². The highest BCUT2D eigenvalue weighted by atomic mass is 16.4. The van der Waals surface area contributed by atoms with Gasteiger partial charge in [0.15, 0.2) is 0 Å². The van der Waals surface area contributed by atoms with E-state index in [0.29, 0.717) is 13.0 Å². The molecule has 102 valence electrons. The van der Waals surface area contributed by atoms with Crippen molar-refractivity contribution < 1.29 is 9.90 Å². The SMILES string of the molecule is CCNC(C)(CCN(C)CCN(C)C)C(=O)O. The fourth-order valence-corrected chi connectivity index (χ4v) is 1.56. The quantitative estimate of drug-likeness (QED) is 0.613. The molecule has 0 radical (unpaired) electrons. The van der Waals surface area contributed by atoms with E-state index in [2.05, 4.69) is 15.1 Å². The predicted octanol–water partition coefficient (Wildman–Crippen LogP) is 0.323. The highest BCUT2D eigenvalue weighted by Crippen LogP contribution is 2.10. The minimum absolute atomic E-state index is 0.611. The summed E-state index contributed by atoms with van der Waals surface area (Å²) < 4.78 is 0. The first-order chi connectivity index (χ1) is 7.81. The number of hydrogen-bond acceptors (Lipinski definition) is 4. The van der Waals surface area contributed by atoms with Crippen LogP contribution in [0.5, 0.6) is 0 Å². The Morgan fingerprint density at radius 3 is 2.24 bits per heavy atom. The Morgan fingerprint density at radius 1 is 1.24 bits per heavy atom. The molecule has 0 saturated heterocycles. The molecule has 0 bridgehead atoms. The molecule has 0 fully saturated rings. The predicted molar refractivity (Wildman–Crippen MR) is 70.4 cm³/mol. The lowest BCUT2D eigenvalue weighted by Gasteiger charge is -2.28. The molecule has 1 unspecified atom stereocenters. The molecular weight excluding hydrogens is 218 g/mol. The van der Waals surface area contributed by atoms with Gasteiger partial charge in [-0.3, -0.25) is 4.79 Å². The number of carboxylic acids is 1. The third-order valence-electron chi connectivity index (χ3n) is 2.96. The molecule has 1 atom stereocenters. The number of likely N-dealkylation sites (N-methyl/N-ethyl adjacent to an activating group) is 3. The van der Waals surface area contributed by atoms with E-state index in [1.807, 2.05) is 28.1 Å². The van der Waals surface area contributed by atoms with Crippen molar-refractivity contribution in [2.24, 2.45) is 0 Å². The maximum Gasteiger partial charge on any atom is 0.323 e. The Balaban J connectivity index is 4.08. The van der Waals surface area contributed by atoms with Crippen LogP contribution in [0.1, 0.15) is 20.3 Å². The summed E-state index contributed by atoms with van der Waals surface area (Å²) in [7, 11) is 6.10. The average Bonchev–Trinajstić information content (AvgIpc) is 2.23. The Hall–Kier alpha value is -0.650. The van der Waals surface area contributed by atoms with E-state index in [0.717, 1.165) is 19.6 Å². The van der Waals surface area contributed by atoms with Crippen molar-refractivity contribution in [3.05, 3.63) is 0 Å². The van der Waals surface area contributed by atoms with Gasteiger partial charge in [0.25, 0.3) is 0 Å². The summed E-state index contributed by atoms with van der Waals surface area (Å²) in [6.07, 6.45) is 0.611. The maximum absolute atomic E-state index is 11.2. The molecule has 0 aliphatic rings. The molecule has 0 aromatic rings. The van der Waals surface area contributed by atoms with Crippen LogP contribution in [-0.2, 0) is 4.79 Å². The van der Waals surface area contributed by atoms with E-state index in [-0.39, 0.29) is 0 Å². The number of nitrogens with one attached hydrogen (secondary N) is 1. The van der Waals surface area contributed by atoms with E-state index >= 15 is 0 Å². The van der Waals surface area contributed by atoms with Crippen LogP contribution in [0.25, 0.3) is 0 Å². The summed E-state index contributed by atoms with van der Waals surface area (Å²) in [5.41, 5.74) is -0.818. The Labute approximate surface area is 105 Å². The maximum atomic E-state index is 11.2. The summed E-state index contributed by atoms with van der Waals surface area (Å²) in [5, 5.41) is 12.2. The van der Waals surface area contributed by atoms with Gasteiger partial charge in [0, 0.05) is 19.6 Å². The molecule has 0 aliphatic carbocycles. The topological polar surface area (TPSA) is 55.8 Å². The lowest BCUT2D eigenvalue weighted by atomic mass is 9.97. The van der Waals surface area contributed by atoms with Gasteiger partial charge in [-0.2, -0.15) is 0 Å². The van der Waals surface area contributed by atoms with Crippen LogP contribution in [-0.4, -0.2) is 73.7 Å². The van der Waals surface area contributed by atoms with Crippen molar-refractivity contribution in [2.45, 2.75) is 25.8 Å². The third-order valence-corrected chi connectivity index (χ3v) is 2.96. The Morgan fingerprint density at radius 2 is 1.82 bits per heavy atom. The number of aliphatic carboxylic acids is 1. The molecule has 5 heteroatoms. The number of nitrogens with zero attached hydrogens (tertiary/aromatic N) is 2. The molecule has 17 heavy (non-hydrogen) atoms. The van der Waals surface area contributed by atoms with E-state index < -0.39 is 11.5 Å². The van der Waals surface area contributed by atoms with Gasteiger partial charge in [0.1, 0.15) is 5.54 Å². The number of carbonyl (C=O) groups is 1. The number of hydrogen-bond donors (Lipinski definition) is 2. The molecule has 0 spiro atoms. The summed E-state index contributed by atoms with van der Waals surface area (Å²) in [4.78, 5) is 15.5. The molecule has 0 aliphatic heterocycles. The molecule has 5 nitrogen and oxygen atoms in total. The van der Waals surface area contributed by atoms with Gasteiger partial charge in [-0.05, 0) is 41.0 Å². The minimum atomic E-state index is -0.818. The van der Waals surface area contributed by atoms with Crippen LogP contribution in [0.2, 0.25) is 0 Å². The molecule has 0 rings (SSSR count). The minimum Gasteiger partial charge on any atom is -0.480 e. The van der Waals surface area contributed by atoms with Crippen LogP contribution in [0.3, 0.4) is 0 Å². The second kappa shape index (κ2) is 7.63. The van der Waals surface area contributed by atoms with Gasteiger partial charge in [-0.1, -0.05) is 6.92 Å². The molecule has 0 amide bonds. The summed E-state index contributed by atoms with van der Waals surface area (Å²) in [6.45, 7) is 7.07. The molecule has 0 aromatic heterocycles. The lowest BCUT2D eigenvalue weighted by molar-refractivity contribution is -0.144. The fraction of sp³-hybridized carbons (Fsp3) is 0.917. The van der Waals surface area contributed by atoms with E-state index in [4.69, 9.17) is 0 Å². The van der Waals surface area contributed by atoms with Crippen molar-refractivity contribution in [3.63, 3.8) is 0 Å². The number of rotatable bonds is 9.